The summed E-state index contributed by atoms with van der Waals surface area (Å²) in [6.07, 6.45) is 1.52. The van der Waals surface area contributed by atoms with Crippen molar-refractivity contribution in [2.75, 3.05) is 0 Å². The number of halogens is 1. The summed E-state index contributed by atoms with van der Waals surface area (Å²) in [5, 5.41) is 0.386. The van der Waals surface area contributed by atoms with Gasteiger partial charge in [-0.2, -0.15) is 4.99 Å². The summed E-state index contributed by atoms with van der Waals surface area (Å²) in [5.74, 6) is 0. The van der Waals surface area contributed by atoms with Gasteiger partial charge in [-0.1, -0.05) is 32.4 Å². The van der Waals surface area contributed by atoms with Crippen LogP contribution in [-0.4, -0.2) is 11.1 Å². The Labute approximate surface area is 94.2 Å². The summed E-state index contributed by atoms with van der Waals surface area (Å²) in [6, 6.07) is 1.77. The van der Waals surface area contributed by atoms with Gasteiger partial charge in [0.15, 0.2) is 0 Å². The molecule has 0 fully saturated rings. The van der Waals surface area contributed by atoms with Gasteiger partial charge in [-0.25, -0.2) is 9.78 Å². The third kappa shape index (κ3) is 2.65. The second kappa shape index (κ2) is 4.13. The maximum Gasteiger partial charge on any atom is 0.240 e. The van der Waals surface area contributed by atoms with Crippen LogP contribution >= 0.6 is 11.6 Å². The fourth-order valence-corrected chi connectivity index (χ4v) is 1.30. The second-order valence-electron chi connectivity index (χ2n) is 4.40. The molecule has 0 spiro atoms. The molecule has 4 heteroatoms. The summed E-state index contributed by atoms with van der Waals surface area (Å²) < 4.78 is 0. The highest BCUT2D eigenvalue weighted by molar-refractivity contribution is 6.30. The lowest BCUT2D eigenvalue weighted by molar-refractivity contribution is 0.564. The first kappa shape index (κ1) is 11.9. The van der Waals surface area contributed by atoms with Crippen molar-refractivity contribution in [3.63, 3.8) is 0 Å². The van der Waals surface area contributed by atoms with E-state index in [1.54, 1.807) is 13.0 Å². The van der Waals surface area contributed by atoms with Crippen molar-refractivity contribution in [2.45, 2.75) is 33.1 Å². The predicted molar refractivity (Wildman–Crippen MR) is 60.5 cm³/mol. The van der Waals surface area contributed by atoms with Gasteiger partial charge in [0.25, 0.3) is 0 Å². The minimum atomic E-state index is -0.121. The van der Waals surface area contributed by atoms with Crippen LogP contribution in [0.25, 0.3) is 0 Å². The number of aromatic nitrogens is 1. The van der Waals surface area contributed by atoms with Crippen molar-refractivity contribution in [3.05, 3.63) is 22.5 Å². The monoisotopic (exact) mass is 224 g/mol. The SMILES string of the molecule is Cc1c(N=C=O)cc(C(C)(C)C)nc1Cl. The van der Waals surface area contributed by atoms with Gasteiger partial charge in [-0.05, 0) is 13.0 Å². The standard InChI is InChI=1S/C11H13ClN2O/c1-7-8(13-6-15)5-9(11(2,3)4)14-10(7)12/h5H,1-4H3. The van der Waals surface area contributed by atoms with E-state index in [2.05, 4.69) is 9.98 Å². The lowest BCUT2D eigenvalue weighted by atomic mass is 9.91. The molecule has 0 aliphatic heterocycles. The molecule has 0 bridgehead atoms. The Morgan fingerprint density at radius 1 is 1.47 bits per heavy atom. The third-order valence-electron chi connectivity index (χ3n) is 2.12. The minimum Gasteiger partial charge on any atom is -0.240 e. The molecule has 0 saturated carbocycles. The van der Waals surface area contributed by atoms with Crippen molar-refractivity contribution in [2.24, 2.45) is 4.99 Å². The summed E-state index contributed by atoms with van der Waals surface area (Å²) in [6.45, 7) is 7.85. The van der Waals surface area contributed by atoms with E-state index in [0.717, 1.165) is 5.69 Å². The van der Waals surface area contributed by atoms with Gasteiger partial charge in [-0.15, -0.1) is 0 Å². The van der Waals surface area contributed by atoms with Crippen LogP contribution in [0.5, 0.6) is 0 Å². The van der Waals surface area contributed by atoms with Crippen LogP contribution in [0.4, 0.5) is 5.69 Å². The van der Waals surface area contributed by atoms with Gasteiger partial charge < -0.3 is 0 Å². The van der Waals surface area contributed by atoms with Crippen LogP contribution in [0.15, 0.2) is 11.1 Å². The Hall–Kier alpha value is -1.18. The van der Waals surface area contributed by atoms with Gasteiger partial charge in [0.05, 0.1) is 5.69 Å². The Bertz CT molecular complexity index is 429. The highest BCUT2D eigenvalue weighted by Crippen LogP contribution is 2.30. The van der Waals surface area contributed by atoms with Crippen molar-refractivity contribution in [3.8, 4) is 0 Å². The Kier molecular flexibility index (Phi) is 3.28. The smallest absolute Gasteiger partial charge is 0.240 e. The summed E-state index contributed by atoms with van der Waals surface area (Å²) in [4.78, 5) is 18.1. The van der Waals surface area contributed by atoms with Crippen molar-refractivity contribution < 1.29 is 4.79 Å². The van der Waals surface area contributed by atoms with Crippen LogP contribution in [0, 0.1) is 6.92 Å². The summed E-state index contributed by atoms with van der Waals surface area (Å²) >= 11 is 5.96. The highest BCUT2D eigenvalue weighted by atomic mass is 35.5. The molecule has 1 aromatic heterocycles. The molecule has 0 aromatic carbocycles. The number of pyridine rings is 1. The Morgan fingerprint density at radius 2 is 2.07 bits per heavy atom. The van der Waals surface area contributed by atoms with E-state index in [9.17, 15) is 4.79 Å². The normalized spacial score (nSPS) is 11.0. The molecule has 0 aliphatic carbocycles. The molecule has 0 radical (unpaired) electrons. The van der Waals surface area contributed by atoms with E-state index < -0.39 is 0 Å². The van der Waals surface area contributed by atoms with Crippen molar-refractivity contribution in [1.29, 1.82) is 0 Å². The number of rotatable bonds is 1. The molecule has 0 amide bonds. The maximum atomic E-state index is 10.2. The Morgan fingerprint density at radius 3 is 2.53 bits per heavy atom. The zero-order valence-corrected chi connectivity index (χ0v) is 10.0. The molecule has 80 valence electrons. The minimum absolute atomic E-state index is 0.121. The van der Waals surface area contributed by atoms with E-state index in [-0.39, 0.29) is 5.41 Å². The number of isocyanates is 1. The van der Waals surface area contributed by atoms with E-state index in [1.165, 1.54) is 6.08 Å². The maximum absolute atomic E-state index is 10.2. The molecule has 1 heterocycles. The molecule has 0 aliphatic rings. The molecule has 0 unspecified atom stereocenters. The van der Waals surface area contributed by atoms with Crippen molar-refractivity contribution >= 4 is 23.4 Å². The van der Waals surface area contributed by atoms with E-state index >= 15 is 0 Å². The van der Waals surface area contributed by atoms with Crippen LogP contribution in [-0.2, 0) is 10.2 Å². The lowest BCUT2D eigenvalue weighted by Crippen LogP contribution is -2.13. The molecule has 0 atom stereocenters. The molecular formula is C11H13ClN2O. The molecule has 3 nitrogen and oxygen atoms in total. The Balaban J connectivity index is 3.42. The van der Waals surface area contributed by atoms with Gasteiger partial charge in [-0.3, -0.25) is 0 Å². The first-order chi connectivity index (χ1) is 6.86. The lowest BCUT2D eigenvalue weighted by Gasteiger charge is -2.18. The van der Waals surface area contributed by atoms with Gasteiger partial charge in [0.1, 0.15) is 5.15 Å². The molecular weight excluding hydrogens is 212 g/mol. The van der Waals surface area contributed by atoms with Crippen LogP contribution in [0.3, 0.4) is 0 Å². The zero-order valence-electron chi connectivity index (χ0n) is 9.26. The van der Waals surface area contributed by atoms with Gasteiger partial charge in [0, 0.05) is 16.7 Å². The van der Waals surface area contributed by atoms with E-state index in [1.807, 2.05) is 20.8 Å². The molecule has 0 saturated heterocycles. The fourth-order valence-electron chi connectivity index (χ4n) is 1.11. The number of aliphatic imine (C=N–C) groups is 1. The summed E-state index contributed by atoms with van der Waals surface area (Å²) in [5.41, 5.74) is 1.93. The van der Waals surface area contributed by atoms with Gasteiger partial charge >= 0.3 is 0 Å². The quantitative estimate of drug-likeness (QED) is 0.417. The second-order valence-corrected chi connectivity index (χ2v) is 4.75. The fraction of sp³-hybridized carbons (Fsp3) is 0.455. The number of nitrogens with zero attached hydrogens (tertiary/aromatic N) is 2. The largest absolute Gasteiger partial charge is 0.240 e. The average molecular weight is 225 g/mol. The molecule has 15 heavy (non-hydrogen) atoms. The topological polar surface area (TPSA) is 42.3 Å². The third-order valence-corrected chi connectivity index (χ3v) is 2.49. The van der Waals surface area contributed by atoms with Crippen LogP contribution in [0.2, 0.25) is 5.15 Å². The molecule has 0 N–H and O–H groups in total. The predicted octanol–water partition coefficient (Wildman–Crippen LogP) is 3.31. The van der Waals surface area contributed by atoms with Crippen LogP contribution in [0.1, 0.15) is 32.0 Å². The number of hydrogen-bond acceptors (Lipinski definition) is 3. The van der Waals surface area contributed by atoms with Crippen LogP contribution < -0.4 is 0 Å². The molecule has 1 rings (SSSR count). The summed E-state index contributed by atoms with van der Waals surface area (Å²) in [7, 11) is 0. The number of carbonyl (C=O) groups excluding carboxylic acids is 1. The van der Waals surface area contributed by atoms with E-state index in [4.69, 9.17) is 11.6 Å². The zero-order chi connectivity index (χ0) is 11.6. The van der Waals surface area contributed by atoms with E-state index in [0.29, 0.717) is 16.4 Å². The highest BCUT2D eigenvalue weighted by Gasteiger charge is 2.18. The number of hydrogen-bond donors (Lipinski definition) is 0. The molecule has 1 aromatic rings. The first-order valence-electron chi connectivity index (χ1n) is 4.61. The van der Waals surface area contributed by atoms with Crippen molar-refractivity contribution in [1.82, 2.24) is 4.98 Å². The van der Waals surface area contributed by atoms with Gasteiger partial charge in [0.2, 0.25) is 6.08 Å². The average Bonchev–Trinajstić information content (AvgIpc) is 2.11. The first-order valence-corrected chi connectivity index (χ1v) is 4.99.